The van der Waals surface area contributed by atoms with Crippen LogP contribution in [0, 0.1) is 20.2 Å². The first-order valence-corrected chi connectivity index (χ1v) is 10.6. The molecule has 0 unspecified atom stereocenters. The number of nitro benzene ring substituents is 1. The maximum absolute atomic E-state index is 12.5. The molecule has 0 aliphatic rings. The van der Waals surface area contributed by atoms with Crippen molar-refractivity contribution in [2.24, 2.45) is 0 Å². The molecule has 0 aliphatic carbocycles. The molecule has 1 heterocycles. The summed E-state index contributed by atoms with van der Waals surface area (Å²) < 4.78 is 0. The number of hydrogen-bond acceptors (Lipinski definition) is 9. The number of nitro groups is 2. The summed E-state index contributed by atoms with van der Waals surface area (Å²) in [5, 5.41) is 26.1. The molecule has 0 saturated heterocycles. The molecule has 1 amide bonds. The van der Waals surface area contributed by atoms with Gasteiger partial charge in [0.1, 0.15) is 6.33 Å². The summed E-state index contributed by atoms with van der Waals surface area (Å²) in [4.78, 5) is 42.1. The number of amides is 1. The Kier molecular flexibility index (Phi) is 7.06. The number of carbonyl (C=O) groups excluding carboxylic acids is 1. The van der Waals surface area contributed by atoms with E-state index in [4.69, 9.17) is 0 Å². The highest BCUT2D eigenvalue weighted by atomic mass is 16.6. The zero-order valence-corrected chi connectivity index (χ0v) is 18.6. The summed E-state index contributed by atoms with van der Waals surface area (Å²) in [6, 6.07) is 23.3. The van der Waals surface area contributed by atoms with E-state index in [1.54, 1.807) is 0 Å². The number of carbonyl (C=O) groups is 1. The van der Waals surface area contributed by atoms with Crippen molar-refractivity contribution < 1.29 is 14.6 Å². The highest BCUT2D eigenvalue weighted by Gasteiger charge is 2.26. The molecule has 12 heteroatoms. The smallest absolute Gasteiger partial charge is 0.353 e. The molecule has 0 fully saturated rings. The highest BCUT2D eigenvalue weighted by molar-refractivity contribution is 5.95. The molecule has 3 N–H and O–H groups in total. The number of hydrogen-bond donors (Lipinski definition) is 3. The SMILES string of the molecule is O=C(NNc1ncnc(NC(c2ccccc2)c2ccccc2)c1[N+](=O)[O-])c1cccc([N+](=O)[O-])c1. The average molecular weight is 485 g/mol. The lowest BCUT2D eigenvalue weighted by Crippen LogP contribution is -2.30. The van der Waals surface area contributed by atoms with Crippen LogP contribution in [-0.2, 0) is 0 Å². The van der Waals surface area contributed by atoms with Gasteiger partial charge in [-0.2, -0.15) is 0 Å². The molecule has 0 aliphatic heterocycles. The van der Waals surface area contributed by atoms with Crippen LogP contribution in [0.1, 0.15) is 27.5 Å². The Labute approximate surface area is 204 Å². The summed E-state index contributed by atoms with van der Waals surface area (Å²) in [7, 11) is 0. The molecule has 0 saturated carbocycles. The van der Waals surface area contributed by atoms with E-state index in [-0.39, 0.29) is 22.9 Å². The summed E-state index contributed by atoms with van der Waals surface area (Å²) in [6.07, 6.45) is 1.12. The minimum absolute atomic E-state index is 0.0139. The first kappa shape index (κ1) is 23.8. The molecule has 0 atom stereocenters. The minimum atomic E-state index is -0.743. The molecule has 12 nitrogen and oxygen atoms in total. The number of non-ortho nitro benzene ring substituents is 1. The number of aromatic nitrogens is 2. The van der Waals surface area contributed by atoms with Crippen molar-refractivity contribution in [2.75, 3.05) is 10.7 Å². The number of nitrogens with zero attached hydrogens (tertiary/aromatic N) is 4. The Morgan fingerprint density at radius 2 is 1.39 bits per heavy atom. The zero-order valence-electron chi connectivity index (χ0n) is 18.6. The monoisotopic (exact) mass is 485 g/mol. The quantitative estimate of drug-likeness (QED) is 0.232. The Morgan fingerprint density at radius 3 is 1.97 bits per heavy atom. The van der Waals surface area contributed by atoms with Crippen LogP contribution in [0.25, 0.3) is 0 Å². The van der Waals surface area contributed by atoms with Gasteiger partial charge in [0.2, 0.25) is 11.6 Å². The van der Waals surface area contributed by atoms with Crippen molar-refractivity contribution in [2.45, 2.75) is 6.04 Å². The number of anilines is 2. The standard InChI is InChI=1S/C24H19N7O5/c32-24(18-12-7-13-19(14-18)30(33)34)29-28-23-21(31(35)36)22(25-15-26-23)27-20(16-8-3-1-4-9-16)17-10-5-2-6-11-17/h1-15,20H,(H,29,32)(H2,25,26,27,28). The van der Waals surface area contributed by atoms with Crippen molar-refractivity contribution in [3.63, 3.8) is 0 Å². The second kappa shape index (κ2) is 10.7. The van der Waals surface area contributed by atoms with Crippen molar-refractivity contribution in [1.82, 2.24) is 15.4 Å². The third kappa shape index (κ3) is 5.39. The normalized spacial score (nSPS) is 10.5. The fourth-order valence-electron chi connectivity index (χ4n) is 3.48. The van der Waals surface area contributed by atoms with Gasteiger partial charge in [-0.15, -0.1) is 0 Å². The van der Waals surface area contributed by atoms with Crippen molar-refractivity contribution in [3.05, 3.63) is 128 Å². The van der Waals surface area contributed by atoms with Gasteiger partial charge in [0.15, 0.2) is 0 Å². The van der Waals surface area contributed by atoms with Gasteiger partial charge in [-0.3, -0.25) is 35.9 Å². The lowest BCUT2D eigenvalue weighted by molar-refractivity contribution is -0.384. The lowest BCUT2D eigenvalue weighted by Gasteiger charge is -2.20. The second-order valence-electron chi connectivity index (χ2n) is 7.46. The summed E-state index contributed by atoms with van der Waals surface area (Å²) in [6.45, 7) is 0. The van der Waals surface area contributed by atoms with Crippen LogP contribution in [0.3, 0.4) is 0 Å². The number of benzene rings is 3. The second-order valence-corrected chi connectivity index (χ2v) is 7.46. The van der Waals surface area contributed by atoms with Gasteiger partial charge < -0.3 is 5.32 Å². The third-order valence-electron chi connectivity index (χ3n) is 5.17. The molecular weight excluding hydrogens is 466 g/mol. The van der Waals surface area contributed by atoms with Gasteiger partial charge in [0.05, 0.1) is 15.9 Å². The predicted octanol–water partition coefficient (Wildman–Crippen LogP) is 4.25. The van der Waals surface area contributed by atoms with E-state index in [0.29, 0.717) is 0 Å². The highest BCUT2D eigenvalue weighted by Crippen LogP contribution is 2.33. The molecule has 0 spiro atoms. The summed E-state index contributed by atoms with van der Waals surface area (Å²) in [5.74, 6) is -1.08. The fraction of sp³-hybridized carbons (Fsp3) is 0.0417. The van der Waals surface area contributed by atoms with E-state index < -0.39 is 27.5 Å². The third-order valence-corrected chi connectivity index (χ3v) is 5.17. The van der Waals surface area contributed by atoms with Gasteiger partial charge >= 0.3 is 5.69 Å². The Bertz CT molecular complexity index is 1360. The molecule has 4 rings (SSSR count). The van der Waals surface area contributed by atoms with Crippen LogP contribution in [0.5, 0.6) is 0 Å². The molecule has 0 bridgehead atoms. The molecule has 3 aromatic carbocycles. The molecule has 180 valence electrons. The van der Waals surface area contributed by atoms with Crippen LogP contribution in [-0.4, -0.2) is 25.7 Å². The molecule has 36 heavy (non-hydrogen) atoms. The van der Waals surface area contributed by atoms with Crippen LogP contribution < -0.4 is 16.2 Å². The van der Waals surface area contributed by atoms with Gasteiger partial charge in [-0.1, -0.05) is 66.7 Å². The molecule has 4 aromatic rings. The number of nitrogens with one attached hydrogen (secondary N) is 3. The Hall–Kier alpha value is -5.39. The van der Waals surface area contributed by atoms with Gasteiger partial charge in [0, 0.05) is 17.7 Å². The van der Waals surface area contributed by atoms with Gasteiger partial charge in [0.25, 0.3) is 11.6 Å². The van der Waals surface area contributed by atoms with Crippen molar-refractivity contribution in [3.8, 4) is 0 Å². The topological polar surface area (TPSA) is 165 Å². The van der Waals surface area contributed by atoms with E-state index in [2.05, 4.69) is 26.1 Å². The molecular formula is C24H19N7O5. The number of rotatable bonds is 9. The maximum Gasteiger partial charge on any atom is 0.354 e. The molecule has 1 aromatic heterocycles. The first-order valence-electron chi connectivity index (χ1n) is 10.6. The van der Waals surface area contributed by atoms with Gasteiger partial charge in [-0.05, 0) is 17.2 Å². The summed E-state index contributed by atoms with van der Waals surface area (Å²) in [5.41, 5.74) is 5.65. The van der Waals surface area contributed by atoms with Crippen LogP contribution in [0.15, 0.2) is 91.3 Å². The van der Waals surface area contributed by atoms with E-state index in [9.17, 15) is 25.0 Å². The van der Waals surface area contributed by atoms with E-state index in [1.807, 2.05) is 60.7 Å². The van der Waals surface area contributed by atoms with Crippen molar-refractivity contribution in [1.29, 1.82) is 0 Å². The summed E-state index contributed by atoms with van der Waals surface area (Å²) >= 11 is 0. The zero-order chi connectivity index (χ0) is 25.5. The largest absolute Gasteiger partial charge is 0.354 e. The lowest BCUT2D eigenvalue weighted by atomic mass is 9.99. The minimum Gasteiger partial charge on any atom is -0.353 e. The Morgan fingerprint density at radius 1 is 0.778 bits per heavy atom. The predicted molar refractivity (Wildman–Crippen MR) is 131 cm³/mol. The van der Waals surface area contributed by atoms with E-state index in [1.165, 1.54) is 18.2 Å². The fourth-order valence-corrected chi connectivity index (χ4v) is 3.48. The first-order chi connectivity index (χ1) is 17.4. The van der Waals surface area contributed by atoms with Crippen LogP contribution in [0.2, 0.25) is 0 Å². The average Bonchev–Trinajstić information content (AvgIpc) is 2.91. The van der Waals surface area contributed by atoms with Gasteiger partial charge in [-0.25, -0.2) is 9.97 Å². The van der Waals surface area contributed by atoms with Crippen molar-refractivity contribution >= 4 is 28.9 Å². The van der Waals surface area contributed by atoms with Crippen LogP contribution >= 0.6 is 0 Å². The van der Waals surface area contributed by atoms with E-state index in [0.717, 1.165) is 23.5 Å². The number of hydrazine groups is 1. The molecule has 0 radical (unpaired) electrons. The Balaban J connectivity index is 1.62. The van der Waals surface area contributed by atoms with Crippen LogP contribution in [0.4, 0.5) is 23.0 Å². The maximum atomic E-state index is 12.5. The van der Waals surface area contributed by atoms with E-state index >= 15 is 0 Å².